The summed E-state index contributed by atoms with van der Waals surface area (Å²) in [7, 11) is 0. The maximum absolute atomic E-state index is 11.8. The van der Waals surface area contributed by atoms with Gasteiger partial charge in [-0.15, -0.1) is 0 Å². The first kappa shape index (κ1) is 22.8. The van der Waals surface area contributed by atoms with Crippen LogP contribution in [0.3, 0.4) is 0 Å². The van der Waals surface area contributed by atoms with Crippen LogP contribution in [0.5, 0.6) is 5.75 Å². The number of carbonyl (C=O) groups is 1. The number of guanidine groups is 1. The van der Waals surface area contributed by atoms with Crippen LogP contribution in [-0.4, -0.2) is 55.8 Å². The van der Waals surface area contributed by atoms with Crippen molar-refractivity contribution in [3.05, 3.63) is 29.8 Å². The summed E-state index contributed by atoms with van der Waals surface area (Å²) in [5.41, 5.74) is 1.14. The van der Waals surface area contributed by atoms with Crippen molar-refractivity contribution < 1.29 is 14.3 Å². The lowest BCUT2D eigenvalue weighted by molar-refractivity contribution is 0.0963. The van der Waals surface area contributed by atoms with Gasteiger partial charge in [0.25, 0.3) is 0 Å². The number of carbonyl (C=O) groups excluding carboxylic acids is 1. The number of likely N-dealkylation sites (tertiary alicyclic amines) is 1. The van der Waals surface area contributed by atoms with Crippen molar-refractivity contribution in [1.29, 1.82) is 0 Å². The van der Waals surface area contributed by atoms with E-state index in [2.05, 4.69) is 43.5 Å². The van der Waals surface area contributed by atoms with Gasteiger partial charge < -0.3 is 25.0 Å². The van der Waals surface area contributed by atoms with Gasteiger partial charge >= 0.3 is 6.09 Å². The van der Waals surface area contributed by atoms with Crippen LogP contribution in [0.2, 0.25) is 0 Å². The summed E-state index contributed by atoms with van der Waals surface area (Å²) < 4.78 is 10.8. The molecule has 1 heterocycles. The SMILES string of the molecule is CCNC(=NCc1ccc(OCC(C)C)cc1)NC1CCN(C(=O)OCC)CC1. The van der Waals surface area contributed by atoms with Crippen LogP contribution in [0.25, 0.3) is 0 Å². The Hall–Kier alpha value is -2.44. The molecule has 0 radical (unpaired) electrons. The number of nitrogens with one attached hydrogen (secondary N) is 2. The van der Waals surface area contributed by atoms with Crippen molar-refractivity contribution in [3.8, 4) is 5.75 Å². The number of nitrogens with zero attached hydrogens (tertiary/aromatic N) is 2. The normalized spacial score (nSPS) is 15.3. The summed E-state index contributed by atoms with van der Waals surface area (Å²) in [6.07, 6.45) is 1.54. The predicted octanol–water partition coefficient (Wildman–Crippen LogP) is 3.40. The number of hydrogen-bond donors (Lipinski definition) is 2. The molecule has 0 spiro atoms. The predicted molar refractivity (Wildman–Crippen MR) is 116 cm³/mol. The third-order valence-corrected chi connectivity index (χ3v) is 4.63. The summed E-state index contributed by atoms with van der Waals surface area (Å²) in [6.45, 7) is 12.1. The van der Waals surface area contributed by atoms with Gasteiger partial charge in [-0.05, 0) is 50.3 Å². The topological polar surface area (TPSA) is 75.2 Å². The maximum Gasteiger partial charge on any atom is 0.409 e. The minimum atomic E-state index is -0.215. The van der Waals surface area contributed by atoms with Crippen LogP contribution < -0.4 is 15.4 Å². The zero-order valence-electron chi connectivity index (χ0n) is 18.2. The zero-order valence-corrected chi connectivity index (χ0v) is 18.2. The first-order valence-corrected chi connectivity index (χ1v) is 10.7. The molecule has 1 aliphatic rings. The van der Waals surface area contributed by atoms with E-state index in [1.165, 1.54) is 0 Å². The standard InChI is InChI=1S/C22H36N4O3/c1-5-23-21(25-19-11-13-26(14-12-19)22(27)28-6-2)24-15-18-7-9-20(10-8-18)29-16-17(3)4/h7-10,17,19H,5-6,11-16H2,1-4H3,(H2,23,24,25). The molecule has 162 valence electrons. The van der Waals surface area contributed by atoms with Gasteiger partial charge in [0.15, 0.2) is 5.96 Å². The molecule has 1 aromatic rings. The fourth-order valence-electron chi connectivity index (χ4n) is 3.06. The van der Waals surface area contributed by atoms with Gasteiger partial charge in [0.05, 0.1) is 19.8 Å². The molecule has 0 atom stereocenters. The van der Waals surface area contributed by atoms with E-state index in [1.807, 2.05) is 19.1 Å². The number of hydrogen-bond acceptors (Lipinski definition) is 4. The number of amides is 1. The van der Waals surface area contributed by atoms with Gasteiger partial charge in [-0.2, -0.15) is 0 Å². The number of ether oxygens (including phenoxy) is 2. The first-order valence-electron chi connectivity index (χ1n) is 10.7. The quantitative estimate of drug-likeness (QED) is 0.513. The van der Waals surface area contributed by atoms with Crippen molar-refractivity contribution in [2.45, 2.75) is 53.1 Å². The molecule has 7 nitrogen and oxygen atoms in total. The van der Waals surface area contributed by atoms with Gasteiger partial charge in [0.1, 0.15) is 5.75 Å². The van der Waals surface area contributed by atoms with E-state index in [4.69, 9.17) is 14.5 Å². The molecule has 1 amide bonds. The molecule has 0 aromatic heterocycles. The molecule has 7 heteroatoms. The Morgan fingerprint density at radius 2 is 1.90 bits per heavy atom. The second kappa shape index (κ2) is 12.2. The number of piperidine rings is 1. The van der Waals surface area contributed by atoms with Crippen LogP contribution in [0, 0.1) is 5.92 Å². The third kappa shape index (κ3) is 8.21. The zero-order chi connectivity index (χ0) is 21.1. The third-order valence-electron chi connectivity index (χ3n) is 4.63. The van der Waals surface area contributed by atoms with Crippen LogP contribution in [0.1, 0.15) is 46.1 Å². The lowest BCUT2D eigenvalue weighted by Crippen LogP contribution is -2.49. The number of aliphatic imine (C=N–C) groups is 1. The molecular formula is C22H36N4O3. The molecule has 1 saturated heterocycles. The van der Waals surface area contributed by atoms with Crippen LogP contribution in [0.4, 0.5) is 4.79 Å². The number of rotatable bonds is 8. The van der Waals surface area contributed by atoms with E-state index < -0.39 is 0 Å². The Labute approximate surface area is 174 Å². The Morgan fingerprint density at radius 1 is 1.21 bits per heavy atom. The summed E-state index contributed by atoms with van der Waals surface area (Å²) in [4.78, 5) is 18.3. The largest absolute Gasteiger partial charge is 0.493 e. The molecule has 0 bridgehead atoms. The van der Waals surface area contributed by atoms with Crippen LogP contribution in [-0.2, 0) is 11.3 Å². The minimum absolute atomic E-state index is 0.215. The van der Waals surface area contributed by atoms with Crippen molar-refractivity contribution >= 4 is 12.1 Å². The second-order valence-electron chi connectivity index (χ2n) is 7.65. The van der Waals surface area contributed by atoms with Crippen LogP contribution >= 0.6 is 0 Å². The summed E-state index contributed by atoms with van der Waals surface area (Å²) in [5.74, 6) is 2.21. The molecule has 0 aliphatic carbocycles. The molecule has 0 unspecified atom stereocenters. The van der Waals surface area contributed by atoms with Crippen molar-refractivity contribution in [2.75, 3.05) is 32.8 Å². The highest BCUT2D eigenvalue weighted by Crippen LogP contribution is 2.14. The first-order chi connectivity index (χ1) is 14.0. The van der Waals surface area contributed by atoms with Gasteiger partial charge in [0, 0.05) is 25.7 Å². The lowest BCUT2D eigenvalue weighted by Gasteiger charge is -2.32. The monoisotopic (exact) mass is 404 g/mol. The maximum atomic E-state index is 11.8. The number of benzene rings is 1. The lowest BCUT2D eigenvalue weighted by atomic mass is 10.1. The van der Waals surface area contributed by atoms with Gasteiger partial charge in [0.2, 0.25) is 0 Å². The van der Waals surface area contributed by atoms with E-state index in [-0.39, 0.29) is 6.09 Å². The summed E-state index contributed by atoms with van der Waals surface area (Å²) >= 11 is 0. The Bertz CT molecular complexity index is 638. The Kier molecular flexibility index (Phi) is 9.60. The average molecular weight is 405 g/mol. The molecule has 0 saturated carbocycles. The second-order valence-corrected chi connectivity index (χ2v) is 7.65. The molecule has 1 fully saturated rings. The molecule has 2 N–H and O–H groups in total. The van der Waals surface area contributed by atoms with Crippen molar-refractivity contribution in [3.63, 3.8) is 0 Å². The Balaban J connectivity index is 1.84. The molecule has 2 rings (SSSR count). The van der Waals surface area contributed by atoms with Gasteiger partial charge in [-0.25, -0.2) is 9.79 Å². The highest BCUT2D eigenvalue weighted by Gasteiger charge is 2.24. The van der Waals surface area contributed by atoms with Crippen molar-refractivity contribution in [1.82, 2.24) is 15.5 Å². The fraction of sp³-hybridized carbons (Fsp3) is 0.636. The van der Waals surface area contributed by atoms with Gasteiger partial charge in [-0.1, -0.05) is 26.0 Å². The molecule has 1 aromatic carbocycles. The summed E-state index contributed by atoms with van der Waals surface area (Å²) in [5, 5.41) is 6.81. The highest BCUT2D eigenvalue weighted by molar-refractivity contribution is 5.80. The molecular weight excluding hydrogens is 368 g/mol. The van der Waals surface area contributed by atoms with Crippen molar-refractivity contribution in [2.24, 2.45) is 10.9 Å². The van der Waals surface area contributed by atoms with Crippen LogP contribution in [0.15, 0.2) is 29.3 Å². The average Bonchev–Trinajstić information content (AvgIpc) is 2.72. The van der Waals surface area contributed by atoms with E-state index >= 15 is 0 Å². The minimum Gasteiger partial charge on any atom is -0.493 e. The van der Waals surface area contributed by atoms with E-state index in [1.54, 1.807) is 4.90 Å². The molecule has 1 aliphatic heterocycles. The smallest absolute Gasteiger partial charge is 0.409 e. The van der Waals surface area contributed by atoms with E-state index in [0.717, 1.165) is 43.3 Å². The van der Waals surface area contributed by atoms with E-state index in [9.17, 15) is 4.79 Å². The van der Waals surface area contributed by atoms with Gasteiger partial charge in [-0.3, -0.25) is 0 Å². The Morgan fingerprint density at radius 3 is 2.48 bits per heavy atom. The summed E-state index contributed by atoms with van der Waals surface area (Å²) in [6, 6.07) is 8.41. The molecule has 29 heavy (non-hydrogen) atoms. The fourth-order valence-corrected chi connectivity index (χ4v) is 3.06. The highest BCUT2D eigenvalue weighted by atomic mass is 16.6. The van der Waals surface area contributed by atoms with E-state index in [0.29, 0.717) is 38.2 Å².